The molecular weight excluding hydrogens is 209 g/mol. The summed E-state index contributed by atoms with van der Waals surface area (Å²) in [6.07, 6.45) is 0. The fraction of sp³-hybridized carbons (Fsp3) is 0.500. The Morgan fingerprint density at radius 2 is 2.12 bits per heavy atom. The van der Waals surface area contributed by atoms with Gasteiger partial charge in [-0.15, -0.1) is 0 Å². The van der Waals surface area contributed by atoms with Gasteiger partial charge in [-0.1, -0.05) is 0 Å². The fourth-order valence-electron chi connectivity index (χ4n) is 1.87. The molecule has 0 spiro atoms. The highest BCUT2D eigenvalue weighted by molar-refractivity contribution is 5.33. The van der Waals surface area contributed by atoms with E-state index in [0.29, 0.717) is 6.54 Å². The van der Waals surface area contributed by atoms with E-state index in [2.05, 4.69) is 4.90 Å². The van der Waals surface area contributed by atoms with E-state index in [4.69, 9.17) is 9.47 Å². The predicted molar refractivity (Wildman–Crippen MR) is 59.0 cm³/mol. The SMILES string of the molecule is COc1ccc(F)cc1CN1CCOCC1. The fourth-order valence-corrected chi connectivity index (χ4v) is 1.87. The molecule has 0 aliphatic carbocycles. The molecule has 4 heteroatoms. The summed E-state index contributed by atoms with van der Waals surface area (Å²) in [5, 5.41) is 0. The van der Waals surface area contributed by atoms with Gasteiger partial charge in [0, 0.05) is 25.2 Å². The summed E-state index contributed by atoms with van der Waals surface area (Å²) in [6, 6.07) is 4.63. The van der Waals surface area contributed by atoms with Gasteiger partial charge in [0.2, 0.25) is 0 Å². The molecule has 0 aromatic heterocycles. The van der Waals surface area contributed by atoms with Crippen LogP contribution in [0.15, 0.2) is 18.2 Å². The first-order valence-electron chi connectivity index (χ1n) is 5.42. The molecule has 1 saturated heterocycles. The standard InChI is InChI=1S/C12H16FNO2/c1-15-12-3-2-11(13)8-10(12)9-14-4-6-16-7-5-14/h2-3,8H,4-7,9H2,1H3. The number of methoxy groups -OCH3 is 1. The van der Waals surface area contributed by atoms with Crippen LogP contribution in [0.1, 0.15) is 5.56 Å². The topological polar surface area (TPSA) is 21.7 Å². The predicted octanol–water partition coefficient (Wildman–Crippen LogP) is 1.67. The summed E-state index contributed by atoms with van der Waals surface area (Å²) in [6.45, 7) is 3.99. The van der Waals surface area contributed by atoms with Crippen LogP contribution in [0.5, 0.6) is 5.75 Å². The van der Waals surface area contributed by atoms with Gasteiger partial charge in [-0.05, 0) is 18.2 Å². The van der Waals surface area contributed by atoms with E-state index in [0.717, 1.165) is 37.6 Å². The summed E-state index contributed by atoms with van der Waals surface area (Å²) >= 11 is 0. The van der Waals surface area contributed by atoms with E-state index < -0.39 is 0 Å². The number of ether oxygens (including phenoxy) is 2. The zero-order valence-corrected chi connectivity index (χ0v) is 9.41. The van der Waals surface area contributed by atoms with Crippen LogP contribution in [-0.2, 0) is 11.3 Å². The Bertz CT molecular complexity index is 351. The van der Waals surface area contributed by atoms with Gasteiger partial charge in [-0.2, -0.15) is 0 Å². The van der Waals surface area contributed by atoms with Gasteiger partial charge in [0.05, 0.1) is 20.3 Å². The molecule has 0 unspecified atom stereocenters. The van der Waals surface area contributed by atoms with Crippen LogP contribution in [0, 0.1) is 5.82 Å². The van der Waals surface area contributed by atoms with Gasteiger partial charge in [0.25, 0.3) is 0 Å². The molecule has 2 rings (SSSR count). The number of rotatable bonds is 3. The average Bonchev–Trinajstić information content (AvgIpc) is 2.31. The second-order valence-corrected chi connectivity index (χ2v) is 3.84. The summed E-state index contributed by atoms with van der Waals surface area (Å²) < 4.78 is 23.6. The maximum Gasteiger partial charge on any atom is 0.123 e. The van der Waals surface area contributed by atoms with Crippen molar-refractivity contribution in [1.29, 1.82) is 0 Å². The Morgan fingerprint density at radius 3 is 2.81 bits per heavy atom. The first-order valence-corrected chi connectivity index (χ1v) is 5.42. The van der Waals surface area contributed by atoms with E-state index in [-0.39, 0.29) is 5.82 Å². The van der Waals surface area contributed by atoms with E-state index in [1.807, 2.05) is 0 Å². The van der Waals surface area contributed by atoms with Crippen LogP contribution in [0.4, 0.5) is 4.39 Å². The van der Waals surface area contributed by atoms with Gasteiger partial charge < -0.3 is 9.47 Å². The Kier molecular flexibility index (Phi) is 3.74. The van der Waals surface area contributed by atoms with Gasteiger partial charge in [0.1, 0.15) is 11.6 Å². The number of morpholine rings is 1. The normalized spacial score (nSPS) is 17.4. The third kappa shape index (κ3) is 2.71. The summed E-state index contributed by atoms with van der Waals surface area (Å²) in [7, 11) is 1.61. The molecule has 1 aromatic rings. The molecule has 1 aliphatic rings. The molecule has 0 radical (unpaired) electrons. The molecule has 3 nitrogen and oxygen atoms in total. The smallest absolute Gasteiger partial charge is 0.123 e. The molecule has 0 atom stereocenters. The Hall–Kier alpha value is -1.13. The minimum absolute atomic E-state index is 0.218. The van der Waals surface area contributed by atoms with Crippen LogP contribution < -0.4 is 4.74 Å². The van der Waals surface area contributed by atoms with Gasteiger partial charge in [-0.25, -0.2) is 4.39 Å². The molecule has 1 heterocycles. The first-order chi connectivity index (χ1) is 7.79. The number of hydrogen-bond acceptors (Lipinski definition) is 3. The highest BCUT2D eigenvalue weighted by Gasteiger charge is 2.13. The van der Waals surface area contributed by atoms with Crippen molar-refractivity contribution in [1.82, 2.24) is 4.90 Å². The van der Waals surface area contributed by atoms with Crippen LogP contribution in [-0.4, -0.2) is 38.3 Å². The molecular formula is C12H16FNO2. The summed E-state index contributed by atoms with van der Waals surface area (Å²) in [5.74, 6) is 0.525. The molecule has 1 aromatic carbocycles. The summed E-state index contributed by atoms with van der Waals surface area (Å²) in [4.78, 5) is 2.24. The third-order valence-corrected chi connectivity index (χ3v) is 2.74. The van der Waals surface area contributed by atoms with Gasteiger partial charge >= 0.3 is 0 Å². The molecule has 88 valence electrons. The van der Waals surface area contributed by atoms with E-state index in [9.17, 15) is 4.39 Å². The van der Waals surface area contributed by atoms with Crippen LogP contribution in [0.3, 0.4) is 0 Å². The Morgan fingerprint density at radius 1 is 1.38 bits per heavy atom. The minimum Gasteiger partial charge on any atom is -0.496 e. The molecule has 1 aliphatic heterocycles. The Balaban J connectivity index is 2.09. The molecule has 0 saturated carbocycles. The third-order valence-electron chi connectivity index (χ3n) is 2.74. The van der Waals surface area contributed by atoms with Crippen molar-refractivity contribution in [3.63, 3.8) is 0 Å². The first kappa shape index (κ1) is 11.4. The summed E-state index contributed by atoms with van der Waals surface area (Å²) in [5.41, 5.74) is 0.893. The van der Waals surface area contributed by atoms with Crippen molar-refractivity contribution in [2.24, 2.45) is 0 Å². The lowest BCUT2D eigenvalue weighted by molar-refractivity contribution is 0.0338. The van der Waals surface area contributed by atoms with Crippen molar-refractivity contribution in [3.8, 4) is 5.75 Å². The van der Waals surface area contributed by atoms with Crippen LogP contribution in [0.25, 0.3) is 0 Å². The molecule has 0 N–H and O–H groups in total. The highest BCUT2D eigenvalue weighted by Crippen LogP contribution is 2.21. The molecule has 16 heavy (non-hydrogen) atoms. The number of nitrogens with zero attached hydrogens (tertiary/aromatic N) is 1. The second kappa shape index (κ2) is 5.27. The lowest BCUT2D eigenvalue weighted by Gasteiger charge is -2.27. The van der Waals surface area contributed by atoms with Crippen molar-refractivity contribution in [2.45, 2.75) is 6.54 Å². The van der Waals surface area contributed by atoms with Crippen molar-refractivity contribution < 1.29 is 13.9 Å². The van der Waals surface area contributed by atoms with Crippen LogP contribution >= 0.6 is 0 Å². The van der Waals surface area contributed by atoms with Crippen molar-refractivity contribution >= 4 is 0 Å². The highest BCUT2D eigenvalue weighted by atomic mass is 19.1. The zero-order chi connectivity index (χ0) is 11.4. The molecule has 0 amide bonds. The average molecular weight is 225 g/mol. The second-order valence-electron chi connectivity index (χ2n) is 3.84. The van der Waals surface area contributed by atoms with Crippen molar-refractivity contribution in [2.75, 3.05) is 33.4 Å². The van der Waals surface area contributed by atoms with Gasteiger partial charge in [-0.3, -0.25) is 4.90 Å². The lowest BCUT2D eigenvalue weighted by Crippen LogP contribution is -2.35. The van der Waals surface area contributed by atoms with E-state index >= 15 is 0 Å². The van der Waals surface area contributed by atoms with E-state index in [1.54, 1.807) is 13.2 Å². The van der Waals surface area contributed by atoms with Crippen molar-refractivity contribution in [3.05, 3.63) is 29.6 Å². The van der Waals surface area contributed by atoms with Crippen LogP contribution in [0.2, 0.25) is 0 Å². The zero-order valence-electron chi connectivity index (χ0n) is 9.41. The monoisotopic (exact) mass is 225 g/mol. The quantitative estimate of drug-likeness (QED) is 0.781. The molecule has 0 bridgehead atoms. The number of hydrogen-bond donors (Lipinski definition) is 0. The number of halogens is 1. The number of benzene rings is 1. The molecule has 1 fully saturated rings. The van der Waals surface area contributed by atoms with E-state index in [1.165, 1.54) is 12.1 Å². The maximum absolute atomic E-state index is 13.1. The largest absolute Gasteiger partial charge is 0.496 e. The Labute approximate surface area is 94.8 Å². The lowest BCUT2D eigenvalue weighted by atomic mass is 10.1. The maximum atomic E-state index is 13.1. The minimum atomic E-state index is -0.218. The van der Waals surface area contributed by atoms with Gasteiger partial charge in [0.15, 0.2) is 0 Å².